The molecule has 4 heteroatoms. The zero-order valence-electron chi connectivity index (χ0n) is 10.7. The molecular weight excluding hydrogens is 277 g/mol. The summed E-state index contributed by atoms with van der Waals surface area (Å²) < 4.78 is 15.6. The van der Waals surface area contributed by atoms with Crippen molar-refractivity contribution in [1.82, 2.24) is 4.57 Å². The van der Waals surface area contributed by atoms with Gasteiger partial charge in [-0.3, -0.25) is 0 Å². The Labute approximate surface area is 121 Å². The van der Waals surface area contributed by atoms with Crippen molar-refractivity contribution in [3.8, 4) is 0 Å². The van der Waals surface area contributed by atoms with E-state index < -0.39 is 0 Å². The smallest absolute Gasteiger partial charge is 0.125 e. The Morgan fingerprint density at radius 2 is 1.85 bits per heavy atom. The van der Waals surface area contributed by atoms with E-state index in [1.807, 2.05) is 41.1 Å². The molecule has 102 valence electrons. The number of nitrogens with zero attached hydrogens (tertiary/aromatic N) is 1. The first kappa shape index (κ1) is 13.2. The molecule has 0 saturated heterocycles. The van der Waals surface area contributed by atoms with E-state index in [1.54, 1.807) is 0 Å². The summed E-state index contributed by atoms with van der Waals surface area (Å²) in [5.74, 6) is -0.336. The van der Waals surface area contributed by atoms with Crippen LogP contribution in [0.25, 0.3) is 10.9 Å². The molecule has 0 saturated carbocycles. The predicted molar refractivity (Wildman–Crippen MR) is 78.4 cm³/mol. The summed E-state index contributed by atoms with van der Waals surface area (Å²) in [6.07, 6.45) is 1.90. The Morgan fingerprint density at radius 1 is 1.10 bits per heavy atom. The highest BCUT2D eigenvalue weighted by Crippen LogP contribution is 2.23. The normalized spacial score (nSPS) is 11.2. The number of benzene rings is 2. The maximum atomic E-state index is 13.6. The van der Waals surface area contributed by atoms with Crippen molar-refractivity contribution >= 4 is 22.5 Å². The molecule has 2 aromatic carbocycles. The topological polar surface area (TPSA) is 25.2 Å². The van der Waals surface area contributed by atoms with Crippen LogP contribution < -0.4 is 0 Å². The van der Waals surface area contributed by atoms with Crippen LogP contribution in [0, 0.1) is 5.82 Å². The summed E-state index contributed by atoms with van der Waals surface area (Å²) in [5.41, 5.74) is 2.47. The van der Waals surface area contributed by atoms with Gasteiger partial charge in [-0.1, -0.05) is 23.7 Å². The number of rotatable bonds is 3. The molecule has 3 rings (SSSR count). The second kappa shape index (κ2) is 5.27. The number of aliphatic hydroxyl groups excluding tert-OH is 1. The second-order valence-electron chi connectivity index (χ2n) is 4.73. The van der Waals surface area contributed by atoms with E-state index in [4.69, 9.17) is 11.6 Å². The molecule has 0 bridgehead atoms. The van der Waals surface area contributed by atoms with Crippen LogP contribution in [0.2, 0.25) is 5.02 Å². The van der Waals surface area contributed by atoms with Gasteiger partial charge in [-0.25, -0.2) is 4.39 Å². The lowest BCUT2D eigenvalue weighted by atomic mass is 10.1. The molecule has 0 aliphatic rings. The molecule has 0 unspecified atom stereocenters. The monoisotopic (exact) mass is 289 g/mol. The molecule has 3 aromatic rings. The van der Waals surface area contributed by atoms with E-state index in [0.29, 0.717) is 17.1 Å². The van der Waals surface area contributed by atoms with E-state index in [-0.39, 0.29) is 12.4 Å². The van der Waals surface area contributed by atoms with Gasteiger partial charge in [0.2, 0.25) is 0 Å². The zero-order chi connectivity index (χ0) is 14.1. The average Bonchev–Trinajstić information content (AvgIpc) is 2.83. The Kier molecular flexibility index (Phi) is 3.47. The lowest BCUT2D eigenvalue weighted by molar-refractivity contribution is 0.283. The van der Waals surface area contributed by atoms with Crippen molar-refractivity contribution in [2.24, 2.45) is 0 Å². The van der Waals surface area contributed by atoms with Crippen LogP contribution in [0.3, 0.4) is 0 Å². The van der Waals surface area contributed by atoms with Gasteiger partial charge >= 0.3 is 0 Å². The van der Waals surface area contributed by atoms with Crippen LogP contribution in [0.1, 0.15) is 11.1 Å². The first-order chi connectivity index (χ1) is 9.67. The average molecular weight is 290 g/mol. The van der Waals surface area contributed by atoms with E-state index >= 15 is 0 Å². The fraction of sp³-hybridized carbons (Fsp3) is 0.125. The highest BCUT2D eigenvalue weighted by atomic mass is 35.5. The molecule has 0 fully saturated rings. The van der Waals surface area contributed by atoms with E-state index in [1.165, 1.54) is 12.1 Å². The molecule has 0 spiro atoms. The lowest BCUT2D eigenvalue weighted by Crippen LogP contribution is -1.98. The first-order valence-corrected chi connectivity index (χ1v) is 6.68. The number of halogens is 2. The van der Waals surface area contributed by atoms with Crippen LogP contribution >= 0.6 is 11.6 Å². The fourth-order valence-corrected chi connectivity index (χ4v) is 2.51. The summed E-state index contributed by atoms with van der Waals surface area (Å²) in [4.78, 5) is 0. The lowest BCUT2D eigenvalue weighted by Gasteiger charge is -2.07. The molecule has 0 radical (unpaired) electrons. The van der Waals surface area contributed by atoms with Gasteiger partial charge in [-0.05, 0) is 41.5 Å². The van der Waals surface area contributed by atoms with Gasteiger partial charge in [0.15, 0.2) is 0 Å². The van der Waals surface area contributed by atoms with Crippen molar-refractivity contribution in [3.63, 3.8) is 0 Å². The predicted octanol–water partition coefficient (Wildman–Crippen LogP) is 3.97. The maximum Gasteiger partial charge on any atom is 0.125 e. The minimum absolute atomic E-state index is 0.167. The Morgan fingerprint density at radius 3 is 2.55 bits per heavy atom. The summed E-state index contributed by atoms with van der Waals surface area (Å²) in [6.45, 7) is 0.466. The highest BCUT2D eigenvalue weighted by molar-refractivity contribution is 6.30. The van der Waals surface area contributed by atoms with Crippen molar-refractivity contribution in [1.29, 1.82) is 0 Å². The van der Waals surface area contributed by atoms with E-state index in [9.17, 15) is 9.50 Å². The SMILES string of the molecule is OCc1cc(F)cc2c1ccn2Cc1ccc(Cl)cc1. The third-order valence-corrected chi connectivity index (χ3v) is 3.63. The van der Waals surface area contributed by atoms with Gasteiger partial charge < -0.3 is 9.67 Å². The molecule has 0 aliphatic heterocycles. The third kappa shape index (κ3) is 2.42. The Balaban J connectivity index is 2.04. The number of aromatic nitrogens is 1. The van der Waals surface area contributed by atoms with Crippen LogP contribution in [0.5, 0.6) is 0 Å². The summed E-state index contributed by atoms with van der Waals surface area (Å²) >= 11 is 5.86. The molecular formula is C16H13ClFNO. The third-order valence-electron chi connectivity index (χ3n) is 3.38. The largest absolute Gasteiger partial charge is 0.392 e. The molecule has 1 heterocycles. The van der Waals surface area contributed by atoms with Gasteiger partial charge in [0.05, 0.1) is 12.1 Å². The molecule has 0 amide bonds. The van der Waals surface area contributed by atoms with E-state index in [0.717, 1.165) is 16.5 Å². The molecule has 1 aromatic heterocycles. The Bertz CT molecular complexity index is 749. The summed E-state index contributed by atoms with van der Waals surface area (Å²) in [7, 11) is 0. The van der Waals surface area contributed by atoms with Crippen molar-refractivity contribution in [2.75, 3.05) is 0 Å². The second-order valence-corrected chi connectivity index (χ2v) is 5.16. The van der Waals surface area contributed by atoms with E-state index in [2.05, 4.69) is 0 Å². The number of hydrogen-bond acceptors (Lipinski definition) is 1. The van der Waals surface area contributed by atoms with Gasteiger partial charge in [-0.2, -0.15) is 0 Å². The van der Waals surface area contributed by atoms with Crippen molar-refractivity contribution in [2.45, 2.75) is 13.2 Å². The number of fused-ring (bicyclic) bond motifs is 1. The number of aliphatic hydroxyl groups is 1. The minimum Gasteiger partial charge on any atom is -0.392 e. The molecule has 20 heavy (non-hydrogen) atoms. The van der Waals surface area contributed by atoms with Gasteiger partial charge in [0.25, 0.3) is 0 Å². The molecule has 1 N–H and O–H groups in total. The van der Waals surface area contributed by atoms with Crippen LogP contribution in [0.15, 0.2) is 48.7 Å². The summed E-state index contributed by atoms with van der Waals surface area (Å²) in [6, 6.07) is 12.3. The van der Waals surface area contributed by atoms with Gasteiger partial charge in [-0.15, -0.1) is 0 Å². The van der Waals surface area contributed by atoms with Crippen LogP contribution in [-0.4, -0.2) is 9.67 Å². The minimum atomic E-state index is -0.336. The van der Waals surface area contributed by atoms with Crippen LogP contribution in [0.4, 0.5) is 4.39 Å². The summed E-state index contributed by atoms with van der Waals surface area (Å²) in [5, 5.41) is 10.9. The fourth-order valence-electron chi connectivity index (χ4n) is 2.39. The molecule has 0 aliphatic carbocycles. The molecule has 2 nitrogen and oxygen atoms in total. The highest BCUT2D eigenvalue weighted by Gasteiger charge is 2.08. The standard InChI is InChI=1S/C16H13ClFNO/c17-13-3-1-11(2-4-13)9-19-6-5-15-12(10-20)7-14(18)8-16(15)19/h1-8,20H,9-10H2. The van der Waals surface area contributed by atoms with Crippen molar-refractivity contribution in [3.05, 3.63) is 70.6 Å². The van der Waals surface area contributed by atoms with Crippen LogP contribution in [-0.2, 0) is 13.2 Å². The van der Waals surface area contributed by atoms with Crippen molar-refractivity contribution < 1.29 is 9.50 Å². The number of hydrogen-bond donors (Lipinski definition) is 1. The Hall–Kier alpha value is -1.84. The zero-order valence-corrected chi connectivity index (χ0v) is 11.4. The quantitative estimate of drug-likeness (QED) is 0.775. The molecule has 0 atom stereocenters. The maximum absolute atomic E-state index is 13.6. The first-order valence-electron chi connectivity index (χ1n) is 6.30. The van der Waals surface area contributed by atoms with Gasteiger partial charge in [0, 0.05) is 23.2 Å². The van der Waals surface area contributed by atoms with Gasteiger partial charge in [0.1, 0.15) is 5.82 Å².